The van der Waals surface area contributed by atoms with Gasteiger partial charge in [-0.3, -0.25) is 4.79 Å². The van der Waals surface area contributed by atoms with Crippen molar-refractivity contribution in [1.82, 2.24) is 4.90 Å². The van der Waals surface area contributed by atoms with E-state index in [0.29, 0.717) is 57.7 Å². The van der Waals surface area contributed by atoms with Gasteiger partial charge in [0.1, 0.15) is 11.2 Å². The van der Waals surface area contributed by atoms with Crippen LogP contribution < -0.4 is 4.90 Å². The predicted molar refractivity (Wildman–Crippen MR) is 143 cm³/mol. The van der Waals surface area contributed by atoms with Crippen molar-refractivity contribution in [1.29, 1.82) is 0 Å². The zero-order valence-electron chi connectivity index (χ0n) is 24.2. The molecule has 10 heteroatoms. The molecule has 0 radical (unpaired) electrons. The summed E-state index contributed by atoms with van der Waals surface area (Å²) in [4.78, 5) is 29.1. The number of piperidine rings is 1. The number of halogens is 3. The van der Waals surface area contributed by atoms with Gasteiger partial charge in [0.25, 0.3) is 0 Å². The van der Waals surface area contributed by atoms with Gasteiger partial charge in [0.05, 0.1) is 11.5 Å². The van der Waals surface area contributed by atoms with Crippen molar-refractivity contribution >= 4 is 17.7 Å². The van der Waals surface area contributed by atoms with Gasteiger partial charge >= 0.3 is 18.2 Å². The Morgan fingerprint density at radius 1 is 0.949 bits per heavy atom. The Morgan fingerprint density at radius 3 is 2.10 bits per heavy atom. The second kappa shape index (κ2) is 11.9. The van der Waals surface area contributed by atoms with Crippen molar-refractivity contribution < 1.29 is 37.0 Å². The first-order valence-corrected chi connectivity index (χ1v) is 13.6. The summed E-state index contributed by atoms with van der Waals surface area (Å²) < 4.78 is 57.8. The average Bonchev–Trinajstić information content (AvgIpc) is 3.24. The molecule has 0 saturated carbocycles. The van der Waals surface area contributed by atoms with Crippen LogP contribution in [-0.2, 0) is 25.2 Å². The highest BCUT2D eigenvalue weighted by Crippen LogP contribution is 2.43. The largest absolute Gasteiger partial charge is 0.460 e. The first kappa shape index (κ1) is 31.0. The number of carbonyl (C=O) groups is 2. The molecule has 2 saturated heterocycles. The van der Waals surface area contributed by atoms with E-state index in [1.165, 1.54) is 6.07 Å². The number of carbonyl (C=O) groups excluding carboxylic acids is 2. The number of alkyl halides is 3. The SMILES string of the molecule is COCC[C@H]1CN(C(=O)OC(C)(C)C)CC1c1ccc(C(F)(F)F)cc1N1CCC(C(=O)OC(C)(C)C)CC1. The first-order valence-electron chi connectivity index (χ1n) is 13.6. The lowest BCUT2D eigenvalue weighted by Gasteiger charge is -2.36. The molecular formula is C29H43F3N2O5. The Labute approximate surface area is 229 Å². The van der Waals surface area contributed by atoms with Crippen molar-refractivity contribution in [3.8, 4) is 0 Å². The van der Waals surface area contributed by atoms with E-state index in [0.717, 1.165) is 11.6 Å². The number of nitrogens with zero attached hydrogens (tertiary/aromatic N) is 2. The third-order valence-corrected chi connectivity index (χ3v) is 7.12. The number of hydrogen-bond acceptors (Lipinski definition) is 6. The van der Waals surface area contributed by atoms with Crippen LogP contribution in [0.25, 0.3) is 0 Å². The minimum atomic E-state index is -4.49. The summed E-state index contributed by atoms with van der Waals surface area (Å²) >= 11 is 0. The summed E-state index contributed by atoms with van der Waals surface area (Å²) in [6.07, 6.45) is -3.28. The zero-order valence-corrected chi connectivity index (χ0v) is 24.2. The van der Waals surface area contributed by atoms with Gasteiger partial charge in [0.2, 0.25) is 0 Å². The highest BCUT2D eigenvalue weighted by molar-refractivity contribution is 5.73. The van der Waals surface area contributed by atoms with Gasteiger partial charge < -0.3 is 24.0 Å². The highest BCUT2D eigenvalue weighted by atomic mass is 19.4. The third kappa shape index (κ3) is 8.50. The highest BCUT2D eigenvalue weighted by Gasteiger charge is 2.41. The van der Waals surface area contributed by atoms with Crippen LogP contribution in [0, 0.1) is 11.8 Å². The van der Waals surface area contributed by atoms with Crippen molar-refractivity contribution in [2.24, 2.45) is 11.8 Å². The predicted octanol–water partition coefficient (Wildman–Crippen LogP) is 6.25. The van der Waals surface area contributed by atoms with Crippen LogP contribution in [0.5, 0.6) is 0 Å². The number of methoxy groups -OCH3 is 1. The molecule has 0 spiro atoms. The van der Waals surface area contributed by atoms with E-state index >= 15 is 0 Å². The van der Waals surface area contributed by atoms with E-state index in [9.17, 15) is 22.8 Å². The van der Waals surface area contributed by atoms with E-state index in [4.69, 9.17) is 14.2 Å². The quantitative estimate of drug-likeness (QED) is 0.386. The van der Waals surface area contributed by atoms with Crippen LogP contribution in [-0.4, -0.2) is 68.1 Å². The van der Waals surface area contributed by atoms with Gasteiger partial charge in [-0.05, 0) is 84.4 Å². The summed E-state index contributed by atoms with van der Waals surface area (Å²) in [5.74, 6) is -0.756. The number of hydrogen-bond donors (Lipinski definition) is 0. The second-order valence-corrected chi connectivity index (χ2v) is 12.6. The molecule has 0 aromatic heterocycles. The number of amides is 1. The van der Waals surface area contributed by atoms with Crippen molar-refractivity contribution in [2.45, 2.75) is 84.1 Å². The Bertz CT molecular complexity index is 1010. The van der Waals surface area contributed by atoms with E-state index < -0.39 is 29.0 Å². The lowest BCUT2D eigenvalue weighted by molar-refractivity contribution is -0.160. The molecule has 2 aliphatic heterocycles. The maximum absolute atomic E-state index is 13.8. The molecule has 1 unspecified atom stereocenters. The monoisotopic (exact) mass is 556 g/mol. The Hall–Kier alpha value is -2.49. The minimum absolute atomic E-state index is 0.00717. The first-order chi connectivity index (χ1) is 18.0. The summed E-state index contributed by atoms with van der Waals surface area (Å²) in [6, 6.07) is 3.89. The molecule has 7 nitrogen and oxygen atoms in total. The van der Waals surface area contributed by atoms with Gasteiger partial charge in [0.15, 0.2) is 0 Å². The number of esters is 1. The van der Waals surface area contributed by atoms with Crippen LogP contribution in [0.1, 0.15) is 77.8 Å². The molecule has 2 atom stereocenters. The Kier molecular flexibility index (Phi) is 9.51. The molecule has 1 aromatic rings. The summed E-state index contributed by atoms with van der Waals surface area (Å²) in [7, 11) is 1.61. The third-order valence-electron chi connectivity index (χ3n) is 7.12. The molecule has 3 rings (SSSR count). The van der Waals surface area contributed by atoms with Gasteiger partial charge in [-0.1, -0.05) is 6.07 Å². The van der Waals surface area contributed by atoms with Crippen LogP contribution in [0.3, 0.4) is 0 Å². The number of benzene rings is 1. The molecule has 220 valence electrons. The van der Waals surface area contributed by atoms with E-state index in [1.807, 2.05) is 25.7 Å². The molecule has 39 heavy (non-hydrogen) atoms. The van der Waals surface area contributed by atoms with Gasteiger partial charge in [-0.15, -0.1) is 0 Å². The second-order valence-electron chi connectivity index (χ2n) is 12.6. The molecular weight excluding hydrogens is 513 g/mol. The van der Waals surface area contributed by atoms with Crippen molar-refractivity contribution in [2.75, 3.05) is 44.8 Å². The van der Waals surface area contributed by atoms with Gasteiger partial charge in [0, 0.05) is 51.5 Å². The number of anilines is 1. The number of ether oxygens (including phenoxy) is 3. The van der Waals surface area contributed by atoms with Crippen LogP contribution in [0.2, 0.25) is 0 Å². The molecule has 2 fully saturated rings. The summed E-state index contributed by atoms with van der Waals surface area (Å²) in [5.41, 5.74) is -0.695. The standard InChI is InChI=1S/C29H43F3N2O5/c1-27(2,3)38-25(35)19-10-13-33(14-11-19)24-16-21(29(30,31)32)8-9-22(24)23-18-34(17-20(23)12-15-37-7)26(36)39-28(4,5)6/h8-9,16,19-20,23H,10-15,17-18H2,1-7H3/t20-,23?/m0/s1. The zero-order chi connectivity index (χ0) is 29.2. The van der Waals surface area contributed by atoms with Crippen LogP contribution in [0.15, 0.2) is 18.2 Å². The summed E-state index contributed by atoms with van der Waals surface area (Å²) in [6.45, 7) is 13.0. The average molecular weight is 557 g/mol. The van der Waals surface area contributed by atoms with E-state index in [2.05, 4.69) is 0 Å². The Morgan fingerprint density at radius 2 is 1.56 bits per heavy atom. The van der Waals surface area contributed by atoms with Crippen LogP contribution >= 0.6 is 0 Å². The summed E-state index contributed by atoms with van der Waals surface area (Å²) in [5, 5.41) is 0. The molecule has 1 aromatic carbocycles. The maximum atomic E-state index is 13.8. The van der Waals surface area contributed by atoms with E-state index in [1.54, 1.807) is 38.8 Å². The fraction of sp³-hybridized carbons (Fsp3) is 0.724. The Balaban J connectivity index is 1.90. The van der Waals surface area contributed by atoms with Gasteiger partial charge in [-0.2, -0.15) is 13.2 Å². The fourth-order valence-electron chi connectivity index (χ4n) is 5.31. The normalized spacial score (nSPS) is 21.3. The number of likely N-dealkylation sites (tertiary alicyclic amines) is 1. The van der Waals surface area contributed by atoms with Crippen LogP contribution in [0.4, 0.5) is 23.7 Å². The minimum Gasteiger partial charge on any atom is -0.460 e. The smallest absolute Gasteiger partial charge is 0.416 e. The lowest BCUT2D eigenvalue weighted by Crippen LogP contribution is -2.39. The number of rotatable bonds is 6. The van der Waals surface area contributed by atoms with E-state index in [-0.39, 0.29) is 23.7 Å². The molecule has 2 heterocycles. The fourth-order valence-corrected chi connectivity index (χ4v) is 5.31. The van der Waals surface area contributed by atoms with Gasteiger partial charge in [-0.25, -0.2) is 4.79 Å². The molecule has 0 N–H and O–H groups in total. The van der Waals surface area contributed by atoms with Crippen molar-refractivity contribution in [3.05, 3.63) is 29.3 Å². The molecule has 1 amide bonds. The topological polar surface area (TPSA) is 68.3 Å². The molecule has 0 aliphatic carbocycles. The lowest BCUT2D eigenvalue weighted by atomic mass is 9.84. The maximum Gasteiger partial charge on any atom is 0.416 e. The molecule has 2 aliphatic rings. The molecule has 0 bridgehead atoms. The van der Waals surface area contributed by atoms with Crippen molar-refractivity contribution in [3.63, 3.8) is 0 Å².